The summed E-state index contributed by atoms with van der Waals surface area (Å²) in [4.78, 5) is 16.9. The van der Waals surface area contributed by atoms with Crippen LogP contribution in [0.1, 0.15) is 19.3 Å². The van der Waals surface area contributed by atoms with Gasteiger partial charge in [0.25, 0.3) is 0 Å². The van der Waals surface area contributed by atoms with Crippen molar-refractivity contribution in [2.24, 2.45) is 0 Å². The predicted octanol–water partition coefficient (Wildman–Crippen LogP) is 2.97. The van der Waals surface area contributed by atoms with Gasteiger partial charge in [-0.2, -0.15) is 11.3 Å². The van der Waals surface area contributed by atoms with Crippen molar-refractivity contribution in [1.29, 1.82) is 0 Å². The van der Waals surface area contributed by atoms with E-state index in [0.29, 0.717) is 11.2 Å². The molecule has 2 aromatic heterocycles. The molecule has 1 atom stereocenters. The average molecular weight is 349 g/mol. The van der Waals surface area contributed by atoms with Crippen molar-refractivity contribution in [3.63, 3.8) is 0 Å². The number of nitrogens with zero attached hydrogens (tertiary/aromatic N) is 4. The Bertz CT molecular complexity index is 671. The van der Waals surface area contributed by atoms with E-state index in [2.05, 4.69) is 20.4 Å². The lowest BCUT2D eigenvalue weighted by molar-refractivity contribution is 0.0678. The molecule has 0 saturated carbocycles. The number of carbonyl (C=O) groups excluding carboxylic acids is 1. The summed E-state index contributed by atoms with van der Waals surface area (Å²) < 4.78 is 0. The predicted molar refractivity (Wildman–Crippen MR) is 93.0 cm³/mol. The van der Waals surface area contributed by atoms with Gasteiger partial charge in [0, 0.05) is 36.6 Å². The molecule has 0 aromatic carbocycles. The molecule has 23 heavy (non-hydrogen) atoms. The topological polar surface area (TPSA) is 61.4 Å². The number of hydrogen-bond donors (Lipinski definition) is 1. The molecule has 6 nitrogen and oxygen atoms in total. The molecule has 4 heterocycles. The average Bonchev–Trinajstić information content (AvgIpc) is 3.25. The van der Waals surface area contributed by atoms with E-state index >= 15 is 0 Å². The van der Waals surface area contributed by atoms with Crippen molar-refractivity contribution < 1.29 is 4.79 Å². The van der Waals surface area contributed by atoms with Gasteiger partial charge in [-0.05, 0) is 30.8 Å². The molecule has 2 fully saturated rings. The monoisotopic (exact) mass is 349 g/mol. The Morgan fingerprint density at radius 1 is 1.26 bits per heavy atom. The van der Waals surface area contributed by atoms with E-state index in [1.807, 2.05) is 21.7 Å². The van der Waals surface area contributed by atoms with E-state index in [0.717, 1.165) is 30.2 Å². The third-order valence-electron chi connectivity index (χ3n) is 4.53. The van der Waals surface area contributed by atoms with Crippen LogP contribution in [-0.4, -0.2) is 58.2 Å². The smallest absolute Gasteiger partial charge is 0.322 e. The highest BCUT2D eigenvalue weighted by Crippen LogP contribution is 2.28. The number of thiophene rings is 1. The van der Waals surface area contributed by atoms with Crippen LogP contribution in [-0.2, 0) is 0 Å². The van der Waals surface area contributed by atoms with Gasteiger partial charge in [0.1, 0.15) is 5.01 Å². The Morgan fingerprint density at radius 2 is 2.22 bits per heavy atom. The minimum atomic E-state index is -0.0526. The zero-order valence-corrected chi connectivity index (χ0v) is 14.4. The van der Waals surface area contributed by atoms with Crippen molar-refractivity contribution in [2.45, 2.75) is 25.3 Å². The van der Waals surface area contributed by atoms with Crippen LogP contribution < -0.4 is 5.32 Å². The zero-order chi connectivity index (χ0) is 15.6. The number of rotatable bonds is 2. The quantitative estimate of drug-likeness (QED) is 0.905. The van der Waals surface area contributed by atoms with Gasteiger partial charge in [-0.15, -0.1) is 10.2 Å². The Labute approximate surface area is 143 Å². The second kappa shape index (κ2) is 6.54. The molecule has 2 saturated heterocycles. The summed E-state index contributed by atoms with van der Waals surface area (Å²) in [5.41, 5.74) is 1.06. The normalized spacial score (nSPS) is 21.9. The first-order valence-corrected chi connectivity index (χ1v) is 9.71. The molecule has 2 amide bonds. The molecule has 2 aliphatic rings. The van der Waals surface area contributed by atoms with Gasteiger partial charge in [-0.3, -0.25) is 10.2 Å². The van der Waals surface area contributed by atoms with E-state index in [9.17, 15) is 4.79 Å². The first kappa shape index (κ1) is 15.0. The SMILES string of the molecule is O=C(Nc1nnc(-c2ccsc2)s1)N1CCN2CCCCC2C1. The molecule has 0 spiro atoms. The zero-order valence-electron chi connectivity index (χ0n) is 12.8. The van der Waals surface area contributed by atoms with Gasteiger partial charge >= 0.3 is 6.03 Å². The van der Waals surface area contributed by atoms with Gasteiger partial charge < -0.3 is 4.90 Å². The van der Waals surface area contributed by atoms with Crippen LogP contribution in [0.4, 0.5) is 9.93 Å². The van der Waals surface area contributed by atoms with Crippen molar-refractivity contribution in [2.75, 3.05) is 31.5 Å². The highest BCUT2D eigenvalue weighted by atomic mass is 32.1. The fraction of sp³-hybridized carbons (Fsp3) is 0.533. The third-order valence-corrected chi connectivity index (χ3v) is 6.10. The van der Waals surface area contributed by atoms with Crippen molar-refractivity contribution >= 4 is 33.8 Å². The molecule has 2 aliphatic heterocycles. The lowest BCUT2D eigenvalue weighted by Gasteiger charge is -2.43. The first-order valence-electron chi connectivity index (χ1n) is 7.95. The summed E-state index contributed by atoms with van der Waals surface area (Å²) in [6.45, 7) is 3.77. The molecule has 1 N–H and O–H groups in total. The van der Waals surface area contributed by atoms with Gasteiger partial charge in [0.15, 0.2) is 0 Å². The Hall–Kier alpha value is -1.51. The largest absolute Gasteiger partial charge is 0.323 e. The van der Waals surface area contributed by atoms with Gasteiger partial charge in [0.2, 0.25) is 5.13 Å². The molecule has 4 rings (SSSR count). The third kappa shape index (κ3) is 3.24. The van der Waals surface area contributed by atoms with E-state index in [4.69, 9.17) is 0 Å². The number of carbonyl (C=O) groups is 1. The molecular weight excluding hydrogens is 330 g/mol. The summed E-state index contributed by atoms with van der Waals surface area (Å²) in [5, 5.41) is 16.6. The second-order valence-electron chi connectivity index (χ2n) is 5.99. The lowest BCUT2D eigenvalue weighted by atomic mass is 10.00. The fourth-order valence-corrected chi connectivity index (χ4v) is 4.73. The molecule has 0 radical (unpaired) electrons. The minimum absolute atomic E-state index is 0.0526. The van der Waals surface area contributed by atoms with E-state index in [-0.39, 0.29) is 6.03 Å². The molecule has 2 aromatic rings. The highest BCUT2D eigenvalue weighted by Gasteiger charge is 2.31. The minimum Gasteiger partial charge on any atom is -0.322 e. The Morgan fingerprint density at radius 3 is 3.09 bits per heavy atom. The van der Waals surface area contributed by atoms with Crippen LogP contribution >= 0.6 is 22.7 Å². The van der Waals surface area contributed by atoms with Crippen LogP contribution in [0.3, 0.4) is 0 Å². The number of amides is 2. The van der Waals surface area contributed by atoms with Crippen LogP contribution in [0.5, 0.6) is 0 Å². The number of urea groups is 1. The van der Waals surface area contributed by atoms with Crippen molar-refractivity contribution in [1.82, 2.24) is 20.0 Å². The first-order chi connectivity index (χ1) is 11.3. The fourth-order valence-electron chi connectivity index (χ4n) is 3.29. The number of aromatic nitrogens is 2. The number of piperazine rings is 1. The van der Waals surface area contributed by atoms with Crippen LogP contribution in [0.25, 0.3) is 10.6 Å². The van der Waals surface area contributed by atoms with Crippen LogP contribution in [0, 0.1) is 0 Å². The van der Waals surface area contributed by atoms with Gasteiger partial charge in [-0.1, -0.05) is 17.8 Å². The highest BCUT2D eigenvalue weighted by molar-refractivity contribution is 7.19. The summed E-state index contributed by atoms with van der Waals surface area (Å²) in [5.74, 6) is 0. The van der Waals surface area contributed by atoms with E-state index in [1.54, 1.807) is 11.3 Å². The number of anilines is 1. The molecular formula is C15H19N5OS2. The maximum Gasteiger partial charge on any atom is 0.323 e. The van der Waals surface area contributed by atoms with Crippen molar-refractivity contribution in [3.05, 3.63) is 16.8 Å². The summed E-state index contributed by atoms with van der Waals surface area (Å²) in [7, 11) is 0. The van der Waals surface area contributed by atoms with Crippen LogP contribution in [0.2, 0.25) is 0 Å². The van der Waals surface area contributed by atoms with Crippen molar-refractivity contribution in [3.8, 4) is 10.6 Å². The molecule has 122 valence electrons. The van der Waals surface area contributed by atoms with Crippen LogP contribution in [0.15, 0.2) is 16.8 Å². The lowest BCUT2D eigenvalue weighted by Crippen LogP contribution is -2.56. The number of piperidine rings is 1. The second-order valence-corrected chi connectivity index (χ2v) is 7.74. The van der Waals surface area contributed by atoms with Gasteiger partial charge in [0.05, 0.1) is 0 Å². The molecule has 0 bridgehead atoms. The summed E-state index contributed by atoms with van der Waals surface area (Å²) in [6, 6.07) is 2.49. The molecule has 1 unspecified atom stereocenters. The molecule has 0 aliphatic carbocycles. The Kier molecular flexibility index (Phi) is 4.28. The number of fused-ring (bicyclic) bond motifs is 1. The summed E-state index contributed by atoms with van der Waals surface area (Å²) >= 11 is 3.05. The number of nitrogens with one attached hydrogen (secondary N) is 1. The van der Waals surface area contributed by atoms with E-state index < -0.39 is 0 Å². The standard InChI is InChI=1S/C15H19N5OS2/c21-15(20-7-6-19-5-2-1-3-12(19)9-20)16-14-18-17-13(23-14)11-4-8-22-10-11/h4,8,10,12H,1-3,5-7,9H2,(H,16,18,21). The number of hydrogen-bond acceptors (Lipinski definition) is 6. The molecule has 8 heteroatoms. The van der Waals surface area contributed by atoms with Gasteiger partial charge in [-0.25, -0.2) is 4.79 Å². The maximum absolute atomic E-state index is 12.5. The Balaban J connectivity index is 1.38. The maximum atomic E-state index is 12.5. The summed E-state index contributed by atoms with van der Waals surface area (Å²) in [6.07, 6.45) is 3.76. The van der Waals surface area contributed by atoms with E-state index in [1.165, 1.54) is 37.1 Å².